The molecule has 36 heavy (non-hydrogen) atoms. The summed E-state index contributed by atoms with van der Waals surface area (Å²) in [5.41, 5.74) is 0.0138. The van der Waals surface area contributed by atoms with Crippen LogP contribution in [0.25, 0.3) is 11.4 Å². The van der Waals surface area contributed by atoms with Gasteiger partial charge in [0.2, 0.25) is 10.1 Å². The van der Waals surface area contributed by atoms with Crippen LogP contribution in [-0.2, 0) is 10.0 Å². The number of nitrogens with zero attached hydrogens (tertiary/aromatic N) is 4. The van der Waals surface area contributed by atoms with Gasteiger partial charge in [0.25, 0.3) is 15.9 Å². The fourth-order valence-corrected chi connectivity index (χ4v) is 5.10. The Morgan fingerprint density at radius 1 is 1.06 bits per heavy atom. The van der Waals surface area contributed by atoms with Crippen LogP contribution in [0.15, 0.2) is 53.1 Å². The van der Waals surface area contributed by atoms with Crippen molar-refractivity contribution in [3.63, 3.8) is 0 Å². The van der Waals surface area contributed by atoms with Crippen LogP contribution in [0.1, 0.15) is 15.4 Å². The molecule has 1 aromatic carbocycles. The van der Waals surface area contributed by atoms with Crippen LogP contribution >= 0.6 is 11.3 Å². The molecule has 0 aliphatic rings. The molecule has 3 aromatic heterocycles. The van der Waals surface area contributed by atoms with Crippen LogP contribution in [0.3, 0.4) is 0 Å². The molecule has 0 spiro atoms. The molecule has 0 bridgehead atoms. The number of aromatic nitrogens is 4. The number of pyridine rings is 1. The molecule has 2 N–H and O–H groups in total. The summed E-state index contributed by atoms with van der Waals surface area (Å²) in [6, 6.07) is 9.43. The molecule has 14 heteroatoms. The zero-order valence-electron chi connectivity index (χ0n) is 19.1. The minimum Gasteiger partial charge on any atom is -0.493 e. The van der Waals surface area contributed by atoms with E-state index in [1.807, 2.05) is 0 Å². The first-order chi connectivity index (χ1) is 17.2. The van der Waals surface area contributed by atoms with E-state index in [9.17, 15) is 18.3 Å². The number of ether oxygens (including phenoxy) is 3. The van der Waals surface area contributed by atoms with Crippen molar-refractivity contribution >= 4 is 33.1 Å². The SMILES string of the molecule is COc1ccccc1Oc1c(NS(=O)(=O)c2ncc(C)s2)nc(-c2ccnc(C(=O)O)c2)nc1OC. The van der Waals surface area contributed by atoms with E-state index in [0.717, 1.165) is 11.3 Å². The number of carbonyl (C=O) groups is 1. The molecule has 3 heterocycles. The van der Waals surface area contributed by atoms with Gasteiger partial charge >= 0.3 is 5.97 Å². The number of carboxylic acids is 1. The van der Waals surface area contributed by atoms with Gasteiger partial charge in [0.1, 0.15) is 5.69 Å². The third kappa shape index (κ3) is 5.18. The van der Waals surface area contributed by atoms with Crippen molar-refractivity contribution in [2.75, 3.05) is 18.9 Å². The predicted molar refractivity (Wildman–Crippen MR) is 130 cm³/mol. The van der Waals surface area contributed by atoms with E-state index in [0.29, 0.717) is 10.6 Å². The second-order valence-corrected chi connectivity index (χ2v) is 10.2. The second kappa shape index (κ2) is 10.1. The summed E-state index contributed by atoms with van der Waals surface area (Å²) in [4.78, 5) is 28.4. The number of thiazole rings is 1. The van der Waals surface area contributed by atoms with Crippen LogP contribution in [0.2, 0.25) is 0 Å². The molecule has 0 radical (unpaired) electrons. The highest BCUT2D eigenvalue weighted by Gasteiger charge is 2.26. The first-order valence-corrected chi connectivity index (χ1v) is 12.4. The summed E-state index contributed by atoms with van der Waals surface area (Å²) in [5, 5.41) is 9.29. The normalized spacial score (nSPS) is 11.1. The number of benzene rings is 1. The summed E-state index contributed by atoms with van der Waals surface area (Å²) < 4.78 is 45.1. The molecule has 0 aliphatic heterocycles. The number of methoxy groups -OCH3 is 2. The minimum absolute atomic E-state index is 0.0304. The standard InChI is InChI=1S/C22H19N5O7S2/c1-12-11-24-22(35-12)36(30,31)27-19-17(34-16-7-5-4-6-15(16)32-2)20(33-3)26-18(25-19)13-8-9-23-14(10-13)21(28)29/h4-11H,1-3H3,(H,28,29)(H,25,26,27). The van der Waals surface area contributed by atoms with E-state index in [-0.39, 0.29) is 44.6 Å². The molecular formula is C22H19N5O7S2. The summed E-state index contributed by atoms with van der Waals surface area (Å²) >= 11 is 0.975. The highest BCUT2D eigenvalue weighted by Crippen LogP contribution is 2.41. The van der Waals surface area contributed by atoms with Gasteiger partial charge in [-0.05, 0) is 31.2 Å². The lowest BCUT2D eigenvalue weighted by molar-refractivity contribution is 0.0690. The first kappa shape index (κ1) is 24.8. The van der Waals surface area contributed by atoms with Gasteiger partial charge < -0.3 is 19.3 Å². The van der Waals surface area contributed by atoms with Crippen LogP contribution < -0.4 is 18.9 Å². The van der Waals surface area contributed by atoms with Crippen LogP contribution in [-0.4, -0.2) is 53.6 Å². The lowest BCUT2D eigenvalue weighted by Gasteiger charge is -2.17. The topological polar surface area (TPSA) is 163 Å². The van der Waals surface area contributed by atoms with Gasteiger partial charge in [-0.15, -0.1) is 11.3 Å². The Hall–Kier alpha value is -4.30. The van der Waals surface area contributed by atoms with Gasteiger partial charge in [0.15, 0.2) is 23.1 Å². The maximum absolute atomic E-state index is 13.1. The molecule has 0 amide bonds. The van der Waals surface area contributed by atoms with E-state index >= 15 is 0 Å². The summed E-state index contributed by atoms with van der Waals surface area (Å²) in [6.45, 7) is 1.72. The van der Waals surface area contributed by atoms with Gasteiger partial charge in [0, 0.05) is 22.8 Å². The molecule has 0 saturated carbocycles. The monoisotopic (exact) mass is 529 g/mol. The first-order valence-electron chi connectivity index (χ1n) is 10.1. The maximum Gasteiger partial charge on any atom is 0.354 e. The fraction of sp³-hybridized carbons (Fsp3) is 0.136. The van der Waals surface area contributed by atoms with Crippen molar-refractivity contribution in [2.24, 2.45) is 0 Å². The van der Waals surface area contributed by atoms with Gasteiger partial charge in [-0.25, -0.2) is 19.7 Å². The van der Waals surface area contributed by atoms with Gasteiger partial charge in [-0.2, -0.15) is 13.4 Å². The molecule has 0 aliphatic carbocycles. The average molecular weight is 530 g/mol. The third-order valence-electron chi connectivity index (χ3n) is 4.61. The molecular weight excluding hydrogens is 510 g/mol. The minimum atomic E-state index is -4.17. The predicted octanol–water partition coefficient (Wildman–Crippen LogP) is 3.61. The van der Waals surface area contributed by atoms with E-state index in [1.54, 1.807) is 31.2 Å². The zero-order valence-corrected chi connectivity index (χ0v) is 20.8. The van der Waals surface area contributed by atoms with Crippen molar-refractivity contribution in [2.45, 2.75) is 11.3 Å². The number of hydrogen-bond acceptors (Lipinski definition) is 11. The fourth-order valence-electron chi connectivity index (χ4n) is 2.99. The molecule has 4 aromatic rings. The van der Waals surface area contributed by atoms with Crippen molar-refractivity contribution in [3.8, 4) is 34.5 Å². The molecule has 4 rings (SSSR count). The number of rotatable bonds is 9. The average Bonchev–Trinajstić information content (AvgIpc) is 3.32. The van der Waals surface area contributed by atoms with Crippen LogP contribution in [0.5, 0.6) is 23.1 Å². The van der Waals surface area contributed by atoms with Crippen LogP contribution in [0, 0.1) is 6.92 Å². The number of aryl methyl sites for hydroxylation is 1. The Bertz CT molecular complexity index is 1540. The quantitative estimate of drug-likeness (QED) is 0.325. The molecule has 0 saturated heterocycles. The Kier molecular flexibility index (Phi) is 6.98. The Morgan fingerprint density at radius 3 is 2.44 bits per heavy atom. The lowest BCUT2D eigenvalue weighted by Crippen LogP contribution is -2.15. The number of anilines is 1. The van der Waals surface area contributed by atoms with Crippen molar-refractivity contribution in [1.82, 2.24) is 19.9 Å². The number of carboxylic acid groups (broad SMARTS) is 1. The molecule has 0 atom stereocenters. The Labute approximate surface area is 209 Å². The maximum atomic E-state index is 13.1. The summed E-state index contributed by atoms with van der Waals surface area (Å²) in [5.74, 6) is -1.19. The highest BCUT2D eigenvalue weighted by atomic mass is 32.2. The Balaban J connectivity index is 1.89. The van der Waals surface area contributed by atoms with E-state index < -0.39 is 16.0 Å². The van der Waals surface area contributed by atoms with E-state index in [4.69, 9.17) is 14.2 Å². The van der Waals surface area contributed by atoms with Crippen LogP contribution in [0.4, 0.5) is 5.82 Å². The third-order valence-corrected chi connectivity index (χ3v) is 7.25. The van der Waals surface area contributed by atoms with Crippen molar-refractivity contribution in [3.05, 3.63) is 59.4 Å². The number of sulfonamides is 1. The number of aromatic carboxylic acids is 1. The molecule has 0 fully saturated rings. The summed E-state index contributed by atoms with van der Waals surface area (Å²) in [6.07, 6.45) is 2.71. The number of para-hydroxylation sites is 2. The number of nitrogens with one attached hydrogen (secondary N) is 1. The lowest BCUT2D eigenvalue weighted by atomic mass is 10.2. The highest BCUT2D eigenvalue weighted by molar-refractivity contribution is 7.94. The zero-order chi connectivity index (χ0) is 25.9. The molecule has 186 valence electrons. The van der Waals surface area contributed by atoms with Gasteiger partial charge in [0.05, 0.1) is 14.2 Å². The molecule has 12 nitrogen and oxygen atoms in total. The van der Waals surface area contributed by atoms with Gasteiger partial charge in [-0.3, -0.25) is 4.72 Å². The van der Waals surface area contributed by atoms with E-state index in [1.165, 1.54) is 38.7 Å². The smallest absolute Gasteiger partial charge is 0.354 e. The van der Waals surface area contributed by atoms with Crippen molar-refractivity contribution < 1.29 is 32.5 Å². The second-order valence-electron chi connectivity index (χ2n) is 7.06. The number of hydrogen-bond donors (Lipinski definition) is 2. The van der Waals surface area contributed by atoms with E-state index in [2.05, 4.69) is 24.7 Å². The van der Waals surface area contributed by atoms with Crippen molar-refractivity contribution in [1.29, 1.82) is 0 Å². The van der Waals surface area contributed by atoms with Gasteiger partial charge in [-0.1, -0.05) is 12.1 Å². The largest absolute Gasteiger partial charge is 0.493 e. The summed E-state index contributed by atoms with van der Waals surface area (Å²) in [7, 11) is -1.40. The molecule has 0 unspecified atom stereocenters. The Morgan fingerprint density at radius 2 is 1.81 bits per heavy atom.